The van der Waals surface area contributed by atoms with Gasteiger partial charge in [-0.2, -0.15) is 0 Å². The van der Waals surface area contributed by atoms with Gasteiger partial charge in [-0.1, -0.05) is 0 Å². The van der Waals surface area contributed by atoms with Gasteiger partial charge in [-0.25, -0.2) is 4.79 Å². The number of esters is 2. The van der Waals surface area contributed by atoms with Gasteiger partial charge in [-0.05, 0) is 44.0 Å². The maximum Gasteiger partial charge on any atom is 0.338 e. The summed E-state index contributed by atoms with van der Waals surface area (Å²) in [7, 11) is 0. The molecule has 0 heterocycles. The Bertz CT molecular complexity index is 424. The van der Waals surface area contributed by atoms with E-state index in [-0.39, 0.29) is 11.9 Å². The number of hydrogen-bond acceptors (Lipinski definition) is 5. The van der Waals surface area contributed by atoms with Gasteiger partial charge < -0.3 is 14.2 Å². The van der Waals surface area contributed by atoms with Crippen LogP contribution < -0.4 is 4.74 Å². The Morgan fingerprint density at radius 1 is 1.00 bits per heavy atom. The van der Waals surface area contributed by atoms with Gasteiger partial charge >= 0.3 is 11.9 Å². The fourth-order valence-corrected chi connectivity index (χ4v) is 1.51. The Hall–Kier alpha value is -2.04. The van der Waals surface area contributed by atoms with Crippen LogP contribution in [0.3, 0.4) is 0 Å². The lowest BCUT2D eigenvalue weighted by Crippen LogP contribution is -2.05. The second-order valence-electron chi connectivity index (χ2n) is 4.14. The van der Waals surface area contributed by atoms with Crippen molar-refractivity contribution in [2.24, 2.45) is 0 Å². The molecule has 0 radical (unpaired) electrons. The molecule has 1 aromatic carbocycles. The first kappa shape index (κ1) is 16.0. The third-order valence-corrected chi connectivity index (χ3v) is 2.48. The zero-order valence-electron chi connectivity index (χ0n) is 11.9. The number of hydrogen-bond donors (Lipinski definition) is 0. The van der Waals surface area contributed by atoms with Crippen molar-refractivity contribution in [1.29, 1.82) is 0 Å². The molecule has 20 heavy (non-hydrogen) atoms. The van der Waals surface area contributed by atoms with Crippen LogP contribution in [0.2, 0.25) is 0 Å². The zero-order chi connectivity index (χ0) is 14.8. The van der Waals surface area contributed by atoms with Crippen molar-refractivity contribution in [3.05, 3.63) is 29.8 Å². The number of benzene rings is 1. The van der Waals surface area contributed by atoms with E-state index in [9.17, 15) is 9.59 Å². The summed E-state index contributed by atoms with van der Waals surface area (Å²) >= 11 is 0. The molecule has 0 aliphatic rings. The minimum atomic E-state index is -0.333. The molecule has 1 rings (SSSR count). The van der Waals surface area contributed by atoms with E-state index in [1.165, 1.54) is 6.92 Å². The smallest absolute Gasteiger partial charge is 0.338 e. The molecule has 0 fully saturated rings. The highest BCUT2D eigenvalue weighted by Crippen LogP contribution is 2.13. The third-order valence-electron chi connectivity index (χ3n) is 2.48. The van der Waals surface area contributed by atoms with Crippen LogP contribution in [0.5, 0.6) is 5.75 Å². The van der Waals surface area contributed by atoms with E-state index in [1.54, 1.807) is 31.2 Å². The van der Waals surface area contributed by atoms with E-state index < -0.39 is 0 Å². The summed E-state index contributed by atoms with van der Waals surface area (Å²) < 4.78 is 15.2. The maximum atomic E-state index is 11.4. The molecule has 5 nitrogen and oxygen atoms in total. The maximum absolute atomic E-state index is 11.4. The molecule has 0 bridgehead atoms. The van der Waals surface area contributed by atoms with Crippen LogP contribution in [0, 0.1) is 0 Å². The number of unbranched alkanes of at least 4 members (excludes halogenated alkanes) is 1. The fourth-order valence-electron chi connectivity index (χ4n) is 1.51. The van der Waals surface area contributed by atoms with Crippen LogP contribution in [-0.2, 0) is 14.3 Å². The number of ether oxygens (including phenoxy) is 3. The zero-order valence-corrected chi connectivity index (χ0v) is 11.9. The molecule has 0 aliphatic heterocycles. The minimum Gasteiger partial charge on any atom is -0.494 e. The summed E-state index contributed by atoms with van der Waals surface area (Å²) in [6.07, 6.45) is 1.56. The van der Waals surface area contributed by atoms with Gasteiger partial charge in [0.05, 0.1) is 25.4 Å². The number of carbonyl (C=O) groups is 2. The Labute approximate surface area is 118 Å². The summed E-state index contributed by atoms with van der Waals surface area (Å²) in [4.78, 5) is 22.0. The normalized spacial score (nSPS) is 9.90. The molecule has 110 valence electrons. The molecular weight excluding hydrogens is 260 g/mol. The first-order valence-corrected chi connectivity index (χ1v) is 6.67. The number of rotatable bonds is 8. The van der Waals surface area contributed by atoms with Crippen LogP contribution in [0.1, 0.15) is 37.0 Å². The van der Waals surface area contributed by atoms with E-state index in [2.05, 4.69) is 0 Å². The summed E-state index contributed by atoms with van der Waals surface area (Å²) in [5.41, 5.74) is 0.508. The molecular formula is C15H20O5. The van der Waals surface area contributed by atoms with E-state index in [0.717, 1.165) is 12.8 Å². The lowest BCUT2D eigenvalue weighted by atomic mass is 10.2. The van der Waals surface area contributed by atoms with Crippen molar-refractivity contribution in [2.45, 2.75) is 26.7 Å². The van der Waals surface area contributed by atoms with Crippen LogP contribution >= 0.6 is 0 Å². The Morgan fingerprint density at radius 3 is 2.25 bits per heavy atom. The van der Waals surface area contributed by atoms with Gasteiger partial charge in [-0.3, -0.25) is 4.79 Å². The van der Waals surface area contributed by atoms with Gasteiger partial charge in [-0.15, -0.1) is 0 Å². The van der Waals surface area contributed by atoms with Crippen molar-refractivity contribution in [3.8, 4) is 5.75 Å². The Balaban J connectivity index is 2.24. The highest BCUT2D eigenvalue weighted by atomic mass is 16.5. The average molecular weight is 280 g/mol. The average Bonchev–Trinajstić information content (AvgIpc) is 2.43. The minimum absolute atomic E-state index is 0.263. The molecule has 0 spiro atoms. The van der Waals surface area contributed by atoms with Crippen LogP contribution in [0.4, 0.5) is 0 Å². The van der Waals surface area contributed by atoms with Gasteiger partial charge in [0.15, 0.2) is 0 Å². The first-order valence-electron chi connectivity index (χ1n) is 6.67. The van der Waals surface area contributed by atoms with Gasteiger partial charge in [0.2, 0.25) is 0 Å². The van der Waals surface area contributed by atoms with Gasteiger partial charge in [0, 0.05) is 6.92 Å². The molecule has 0 saturated heterocycles. The van der Waals surface area contributed by atoms with Crippen molar-refractivity contribution in [2.75, 3.05) is 19.8 Å². The van der Waals surface area contributed by atoms with Crippen molar-refractivity contribution >= 4 is 11.9 Å². The monoisotopic (exact) mass is 280 g/mol. The van der Waals surface area contributed by atoms with Crippen molar-refractivity contribution in [3.63, 3.8) is 0 Å². The fraction of sp³-hybridized carbons (Fsp3) is 0.467. The summed E-state index contributed by atoms with van der Waals surface area (Å²) in [6.45, 7) is 4.48. The Morgan fingerprint density at radius 2 is 1.65 bits per heavy atom. The molecule has 0 saturated carbocycles. The molecule has 0 amide bonds. The number of carbonyl (C=O) groups excluding carboxylic acids is 2. The third kappa shape index (κ3) is 6.22. The standard InChI is InChI=1S/C15H20O5/c1-3-18-15(17)13-6-8-14(9-7-13)20-11-5-4-10-19-12(2)16/h6-9H,3-5,10-11H2,1-2H3. The second kappa shape index (κ2) is 8.96. The predicted octanol–water partition coefficient (Wildman–Crippen LogP) is 2.59. The highest BCUT2D eigenvalue weighted by Gasteiger charge is 2.05. The van der Waals surface area contributed by atoms with Crippen LogP contribution in [-0.4, -0.2) is 31.8 Å². The second-order valence-corrected chi connectivity index (χ2v) is 4.14. The lowest BCUT2D eigenvalue weighted by Gasteiger charge is -2.07. The summed E-state index contributed by atoms with van der Waals surface area (Å²) in [6, 6.07) is 6.81. The summed E-state index contributed by atoms with van der Waals surface area (Å²) in [5.74, 6) is 0.103. The van der Waals surface area contributed by atoms with E-state index >= 15 is 0 Å². The van der Waals surface area contributed by atoms with Crippen molar-refractivity contribution < 1.29 is 23.8 Å². The van der Waals surface area contributed by atoms with Crippen LogP contribution in [0.25, 0.3) is 0 Å². The van der Waals surface area contributed by atoms with Gasteiger partial charge in [0.1, 0.15) is 5.75 Å². The van der Waals surface area contributed by atoms with E-state index in [4.69, 9.17) is 14.2 Å². The molecule has 0 unspecified atom stereocenters. The quantitative estimate of drug-likeness (QED) is 0.541. The molecule has 0 N–H and O–H groups in total. The molecule has 5 heteroatoms. The lowest BCUT2D eigenvalue weighted by molar-refractivity contribution is -0.141. The predicted molar refractivity (Wildman–Crippen MR) is 73.8 cm³/mol. The SMILES string of the molecule is CCOC(=O)c1ccc(OCCCCOC(C)=O)cc1. The molecule has 0 atom stereocenters. The highest BCUT2D eigenvalue weighted by molar-refractivity contribution is 5.89. The molecule has 0 aliphatic carbocycles. The molecule has 1 aromatic rings. The Kier molecular flexibility index (Phi) is 7.17. The molecule has 0 aromatic heterocycles. The topological polar surface area (TPSA) is 61.8 Å². The summed E-state index contributed by atoms with van der Waals surface area (Å²) in [5, 5.41) is 0. The van der Waals surface area contributed by atoms with E-state index in [0.29, 0.717) is 31.1 Å². The van der Waals surface area contributed by atoms with Gasteiger partial charge in [0.25, 0.3) is 0 Å². The van der Waals surface area contributed by atoms with Crippen molar-refractivity contribution in [1.82, 2.24) is 0 Å². The van der Waals surface area contributed by atoms with E-state index in [1.807, 2.05) is 0 Å². The van der Waals surface area contributed by atoms with Crippen LogP contribution in [0.15, 0.2) is 24.3 Å². The largest absolute Gasteiger partial charge is 0.494 e. The first-order chi connectivity index (χ1) is 9.63.